The fourth-order valence-electron chi connectivity index (χ4n) is 2.32. The zero-order valence-corrected chi connectivity index (χ0v) is 11.4. The van der Waals surface area contributed by atoms with Crippen molar-refractivity contribution in [1.82, 2.24) is 9.88 Å². The lowest BCUT2D eigenvalue weighted by molar-refractivity contribution is -0.0734. The number of carbonyl (C=O) groups excluding carboxylic acids is 1. The van der Waals surface area contributed by atoms with E-state index >= 15 is 0 Å². The van der Waals surface area contributed by atoms with Crippen LogP contribution in [0.3, 0.4) is 0 Å². The van der Waals surface area contributed by atoms with Crippen LogP contribution in [0.25, 0.3) is 0 Å². The summed E-state index contributed by atoms with van der Waals surface area (Å²) in [5, 5.41) is 10.4. The number of pyridine rings is 1. The molecule has 2 rings (SSSR count). The van der Waals surface area contributed by atoms with Gasteiger partial charge in [0.15, 0.2) is 0 Å². The average Bonchev–Trinajstić information content (AvgIpc) is 2.38. The summed E-state index contributed by atoms with van der Waals surface area (Å²) in [5.74, 6) is -0.115. The standard InChI is InChI=1S/C14H20N2O3/c1-11-7-12(9-15-8-11)13(17)16(2)10-14(18)3-5-19-6-4-14/h7-9,18H,3-6,10H2,1-2H3. The molecule has 2 heterocycles. The van der Waals surface area contributed by atoms with Crippen molar-refractivity contribution < 1.29 is 14.6 Å². The topological polar surface area (TPSA) is 62.7 Å². The number of hydrogen-bond donors (Lipinski definition) is 1. The first kappa shape index (κ1) is 14.0. The number of aryl methyl sites for hydroxylation is 1. The number of ether oxygens (including phenoxy) is 1. The van der Waals surface area contributed by atoms with Gasteiger partial charge in [0, 0.05) is 52.0 Å². The molecular formula is C14H20N2O3. The Bertz CT molecular complexity index is 456. The molecule has 1 fully saturated rings. The molecule has 0 aliphatic carbocycles. The van der Waals surface area contributed by atoms with Crippen LogP contribution in [0.2, 0.25) is 0 Å². The Morgan fingerprint density at radius 2 is 2.16 bits per heavy atom. The molecule has 1 saturated heterocycles. The van der Waals surface area contributed by atoms with Gasteiger partial charge in [-0.15, -0.1) is 0 Å². The molecule has 0 aromatic carbocycles. The lowest BCUT2D eigenvalue weighted by Gasteiger charge is -2.35. The first-order valence-electron chi connectivity index (χ1n) is 6.47. The third kappa shape index (κ3) is 3.52. The molecule has 5 heteroatoms. The van der Waals surface area contributed by atoms with Gasteiger partial charge in [0.2, 0.25) is 0 Å². The largest absolute Gasteiger partial charge is 0.388 e. The van der Waals surface area contributed by atoms with Crippen molar-refractivity contribution >= 4 is 5.91 Å². The Morgan fingerprint density at radius 3 is 2.79 bits per heavy atom. The summed E-state index contributed by atoms with van der Waals surface area (Å²) >= 11 is 0. The Hall–Kier alpha value is -1.46. The lowest BCUT2D eigenvalue weighted by atomic mass is 9.94. The van der Waals surface area contributed by atoms with Crippen molar-refractivity contribution in [1.29, 1.82) is 0 Å². The van der Waals surface area contributed by atoms with Crippen LogP contribution in [0.15, 0.2) is 18.5 Å². The Balaban J connectivity index is 2.03. The van der Waals surface area contributed by atoms with Crippen molar-refractivity contribution in [2.45, 2.75) is 25.4 Å². The molecule has 1 amide bonds. The van der Waals surface area contributed by atoms with Gasteiger partial charge < -0.3 is 14.7 Å². The van der Waals surface area contributed by atoms with Crippen LogP contribution in [-0.4, -0.2) is 53.3 Å². The van der Waals surface area contributed by atoms with Crippen LogP contribution in [0.4, 0.5) is 0 Å². The molecular weight excluding hydrogens is 244 g/mol. The van der Waals surface area contributed by atoms with Crippen LogP contribution in [0.1, 0.15) is 28.8 Å². The van der Waals surface area contributed by atoms with Crippen LogP contribution in [0, 0.1) is 6.92 Å². The summed E-state index contributed by atoms with van der Waals surface area (Å²) in [6.45, 7) is 3.31. The van der Waals surface area contributed by atoms with Gasteiger partial charge in [0.1, 0.15) is 0 Å². The molecule has 0 saturated carbocycles. The molecule has 1 aromatic heterocycles. The number of amides is 1. The molecule has 0 bridgehead atoms. The zero-order valence-electron chi connectivity index (χ0n) is 11.4. The summed E-state index contributed by atoms with van der Waals surface area (Å²) in [6.07, 6.45) is 4.40. The van der Waals surface area contributed by atoms with Crippen molar-refractivity contribution in [2.24, 2.45) is 0 Å². The monoisotopic (exact) mass is 264 g/mol. The molecule has 0 spiro atoms. The van der Waals surface area contributed by atoms with Gasteiger partial charge in [-0.05, 0) is 18.6 Å². The highest BCUT2D eigenvalue weighted by Crippen LogP contribution is 2.21. The number of nitrogens with zero attached hydrogens (tertiary/aromatic N) is 2. The molecule has 1 aliphatic rings. The van der Waals surface area contributed by atoms with E-state index in [0.717, 1.165) is 5.56 Å². The Labute approximate surface area is 113 Å². The highest BCUT2D eigenvalue weighted by atomic mass is 16.5. The number of aromatic nitrogens is 1. The van der Waals surface area contributed by atoms with Crippen LogP contribution < -0.4 is 0 Å². The number of hydrogen-bond acceptors (Lipinski definition) is 4. The van der Waals surface area contributed by atoms with Crippen LogP contribution in [0.5, 0.6) is 0 Å². The van der Waals surface area contributed by atoms with Crippen molar-refractivity contribution in [3.8, 4) is 0 Å². The average molecular weight is 264 g/mol. The summed E-state index contributed by atoms with van der Waals surface area (Å²) in [5.41, 5.74) is 0.669. The second kappa shape index (κ2) is 5.67. The second-order valence-corrected chi connectivity index (χ2v) is 5.25. The predicted octanol–water partition coefficient (Wildman–Crippen LogP) is 1.00. The third-order valence-corrected chi connectivity index (χ3v) is 3.42. The predicted molar refractivity (Wildman–Crippen MR) is 70.9 cm³/mol. The van der Waals surface area contributed by atoms with E-state index in [1.807, 2.05) is 6.92 Å². The first-order chi connectivity index (χ1) is 9.00. The van der Waals surface area contributed by atoms with E-state index < -0.39 is 5.60 Å². The van der Waals surface area contributed by atoms with Gasteiger partial charge in [0.25, 0.3) is 5.91 Å². The Kier molecular flexibility index (Phi) is 4.17. The molecule has 104 valence electrons. The smallest absolute Gasteiger partial charge is 0.255 e. The minimum atomic E-state index is -0.833. The summed E-state index contributed by atoms with van der Waals surface area (Å²) < 4.78 is 5.23. The van der Waals surface area contributed by atoms with E-state index in [4.69, 9.17) is 4.74 Å². The number of rotatable bonds is 3. The normalized spacial score (nSPS) is 18.1. The highest BCUT2D eigenvalue weighted by molar-refractivity contribution is 5.93. The van der Waals surface area contributed by atoms with Crippen molar-refractivity contribution in [3.05, 3.63) is 29.6 Å². The van der Waals surface area contributed by atoms with Gasteiger partial charge in [-0.25, -0.2) is 0 Å². The molecule has 1 aromatic rings. The maximum absolute atomic E-state index is 12.3. The van der Waals surface area contributed by atoms with E-state index in [0.29, 0.717) is 38.2 Å². The second-order valence-electron chi connectivity index (χ2n) is 5.25. The first-order valence-corrected chi connectivity index (χ1v) is 6.47. The van der Waals surface area contributed by atoms with Crippen LogP contribution >= 0.6 is 0 Å². The van der Waals surface area contributed by atoms with Crippen molar-refractivity contribution in [3.63, 3.8) is 0 Å². The summed E-state index contributed by atoms with van der Waals surface area (Å²) in [6, 6.07) is 1.81. The summed E-state index contributed by atoms with van der Waals surface area (Å²) in [4.78, 5) is 17.8. The quantitative estimate of drug-likeness (QED) is 0.885. The molecule has 0 radical (unpaired) electrons. The molecule has 19 heavy (non-hydrogen) atoms. The van der Waals surface area contributed by atoms with Crippen LogP contribution in [-0.2, 0) is 4.74 Å². The number of carbonyl (C=O) groups is 1. The Morgan fingerprint density at radius 1 is 1.47 bits per heavy atom. The fourth-order valence-corrected chi connectivity index (χ4v) is 2.32. The molecule has 0 atom stereocenters. The van der Waals surface area contributed by atoms with Gasteiger partial charge in [-0.1, -0.05) is 0 Å². The van der Waals surface area contributed by atoms with Gasteiger partial charge in [-0.3, -0.25) is 9.78 Å². The van der Waals surface area contributed by atoms with Gasteiger partial charge in [-0.2, -0.15) is 0 Å². The fraction of sp³-hybridized carbons (Fsp3) is 0.571. The van der Waals surface area contributed by atoms with E-state index in [2.05, 4.69) is 4.98 Å². The number of likely N-dealkylation sites (N-methyl/N-ethyl adjacent to an activating group) is 1. The molecule has 1 N–H and O–H groups in total. The zero-order chi connectivity index (χ0) is 13.9. The molecule has 1 aliphatic heterocycles. The van der Waals surface area contributed by atoms with Crippen molar-refractivity contribution in [2.75, 3.05) is 26.8 Å². The van der Waals surface area contributed by atoms with E-state index in [1.54, 1.807) is 30.4 Å². The number of aliphatic hydroxyl groups is 1. The minimum Gasteiger partial charge on any atom is -0.388 e. The summed E-state index contributed by atoms with van der Waals surface area (Å²) in [7, 11) is 1.71. The lowest BCUT2D eigenvalue weighted by Crippen LogP contribution is -2.47. The van der Waals surface area contributed by atoms with E-state index in [-0.39, 0.29) is 5.91 Å². The maximum Gasteiger partial charge on any atom is 0.255 e. The minimum absolute atomic E-state index is 0.115. The molecule has 5 nitrogen and oxygen atoms in total. The third-order valence-electron chi connectivity index (χ3n) is 3.42. The highest BCUT2D eigenvalue weighted by Gasteiger charge is 2.32. The SMILES string of the molecule is Cc1cncc(C(=O)N(C)CC2(O)CCOCC2)c1. The van der Waals surface area contributed by atoms with Gasteiger partial charge in [0.05, 0.1) is 11.2 Å². The maximum atomic E-state index is 12.3. The van der Waals surface area contributed by atoms with E-state index in [9.17, 15) is 9.90 Å². The van der Waals surface area contributed by atoms with Gasteiger partial charge >= 0.3 is 0 Å². The van der Waals surface area contributed by atoms with E-state index in [1.165, 1.54) is 0 Å². The molecule has 0 unspecified atom stereocenters.